The normalized spacial score (nSPS) is 19.6. The Morgan fingerprint density at radius 1 is 1.41 bits per heavy atom. The molecule has 1 aromatic carbocycles. The van der Waals surface area contributed by atoms with Crippen molar-refractivity contribution in [2.75, 3.05) is 16.8 Å². The van der Waals surface area contributed by atoms with Gasteiger partial charge in [0.25, 0.3) is 0 Å². The highest BCUT2D eigenvalue weighted by Gasteiger charge is 2.24. The van der Waals surface area contributed by atoms with Crippen molar-refractivity contribution >= 4 is 45.2 Å². The van der Waals surface area contributed by atoms with E-state index in [2.05, 4.69) is 26.6 Å². The lowest BCUT2D eigenvalue weighted by molar-refractivity contribution is -0.124. The van der Waals surface area contributed by atoms with Crippen LogP contribution in [0.4, 0.5) is 5.69 Å². The van der Waals surface area contributed by atoms with E-state index in [1.165, 1.54) is 11.8 Å². The fourth-order valence-corrected chi connectivity index (χ4v) is 2.57. The third-order valence-electron chi connectivity index (χ3n) is 2.28. The molecule has 2 N–H and O–H groups in total. The zero-order valence-corrected chi connectivity index (χ0v) is 11.3. The van der Waals surface area contributed by atoms with Crippen LogP contribution in [0.3, 0.4) is 0 Å². The van der Waals surface area contributed by atoms with Crippen molar-refractivity contribution in [3.8, 4) is 0 Å². The van der Waals surface area contributed by atoms with Gasteiger partial charge < -0.3 is 10.6 Å². The van der Waals surface area contributed by atoms with Gasteiger partial charge in [-0.2, -0.15) is 0 Å². The summed E-state index contributed by atoms with van der Waals surface area (Å²) in [5.74, 6) is 0.793. The molecule has 0 aliphatic carbocycles. The van der Waals surface area contributed by atoms with Gasteiger partial charge in [0.05, 0.1) is 5.75 Å². The maximum absolute atomic E-state index is 11.8. The monoisotopic (exact) mass is 314 g/mol. The van der Waals surface area contributed by atoms with Gasteiger partial charge in [0.1, 0.15) is 6.04 Å². The minimum atomic E-state index is -0.440. The molecule has 4 nitrogen and oxygen atoms in total. The van der Waals surface area contributed by atoms with E-state index in [4.69, 9.17) is 0 Å². The molecule has 0 spiro atoms. The first-order valence-corrected chi connectivity index (χ1v) is 7.03. The number of carbonyl (C=O) groups is 2. The highest BCUT2D eigenvalue weighted by molar-refractivity contribution is 9.10. The van der Waals surface area contributed by atoms with E-state index in [-0.39, 0.29) is 11.8 Å². The van der Waals surface area contributed by atoms with E-state index in [0.717, 1.165) is 10.2 Å². The molecule has 6 heteroatoms. The highest BCUT2D eigenvalue weighted by atomic mass is 79.9. The van der Waals surface area contributed by atoms with E-state index in [9.17, 15) is 9.59 Å². The van der Waals surface area contributed by atoms with Crippen molar-refractivity contribution in [1.29, 1.82) is 0 Å². The van der Waals surface area contributed by atoms with Gasteiger partial charge in [0, 0.05) is 15.9 Å². The molecule has 1 aromatic rings. The lowest BCUT2D eigenvalue weighted by Gasteiger charge is -2.22. The number of hydrogen-bond donors (Lipinski definition) is 2. The molecule has 2 rings (SSSR count). The summed E-state index contributed by atoms with van der Waals surface area (Å²) in [4.78, 5) is 23.0. The van der Waals surface area contributed by atoms with Crippen LogP contribution in [0.15, 0.2) is 28.7 Å². The number of benzene rings is 1. The Hall–Kier alpha value is -1.01. The van der Waals surface area contributed by atoms with Gasteiger partial charge in [-0.3, -0.25) is 9.59 Å². The second-order valence-corrected chi connectivity index (χ2v) is 5.58. The summed E-state index contributed by atoms with van der Waals surface area (Å²) in [7, 11) is 0. The van der Waals surface area contributed by atoms with E-state index < -0.39 is 6.04 Å². The minimum absolute atomic E-state index is 0.0859. The molecule has 1 fully saturated rings. The maximum Gasteiger partial charge on any atom is 0.247 e. The summed E-state index contributed by atoms with van der Waals surface area (Å²) < 4.78 is 0.956. The van der Waals surface area contributed by atoms with Crippen molar-refractivity contribution in [1.82, 2.24) is 5.32 Å². The number of halogens is 1. The van der Waals surface area contributed by atoms with Crippen molar-refractivity contribution in [2.45, 2.75) is 6.04 Å². The van der Waals surface area contributed by atoms with Crippen LogP contribution in [0.2, 0.25) is 0 Å². The molecule has 2 amide bonds. The molecule has 0 radical (unpaired) electrons. The lowest BCUT2D eigenvalue weighted by Crippen LogP contribution is -2.49. The van der Waals surface area contributed by atoms with Crippen molar-refractivity contribution in [3.05, 3.63) is 28.7 Å². The van der Waals surface area contributed by atoms with Gasteiger partial charge in [0.15, 0.2) is 0 Å². The molecule has 0 saturated carbocycles. The second-order valence-electron chi connectivity index (χ2n) is 3.63. The largest absolute Gasteiger partial charge is 0.343 e. The number of hydrogen-bond acceptors (Lipinski definition) is 3. The Morgan fingerprint density at radius 3 is 2.76 bits per heavy atom. The summed E-state index contributed by atoms with van der Waals surface area (Å²) >= 11 is 4.80. The van der Waals surface area contributed by atoms with Crippen LogP contribution in [0.5, 0.6) is 0 Å². The average molecular weight is 315 g/mol. The second kappa shape index (κ2) is 5.55. The van der Waals surface area contributed by atoms with Crippen LogP contribution in [-0.4, -0.2) is 29.4 Å². The standard InChI is InChI=1S/C11H11BrN2O2S/c12-7-1-3-8(4-2-7)13-11(16)9-5-17-6-10(15)14-9/h1-4,9H,5-6H2,(H,13,16)(H,14,15). The van der Waals surface area contributed by atoms with Gasteiger partial charge in [0.2, 0.25) is 11.8 Å². The molecule has 1 aliphatic heterocycles. The fraction of sp³-hybridized carbons (Fsp3) is 0.273. The van der Waals surface area contributed by atoms with E-state index >= 15 is 0 Å². The van der Waals surface area contributed by atoms with Gasteiger partial charge in [-0.1, -0.05) is 15.9 Å². The van der Waals surface area contributed by atoms with E-state index in [0.29, 0.717) is 11.5 Å². The maximum atomic E-state index is 11.8. The molecule has 1 aliphatic rings. The van der Waals surface area contributed by atoms with Crippen molar-refractivity contribution < 1.29 is 9.59 Å². The molecule has 17 heavy (non-hydrogen) atoms. The molecule has 90 valence electrons. The summed E-state index contributed by atoms with van der Waals surface area (Å²) in [6.07, 6.45) is 0. The van der Waals surface area contributed by atoms with Crippen LogP contribution in [0.1, 0.15) is 0 Å². The Bertz CT molecular complexity index is 436. The first kappa shape index (κ1) is 12.4. The SMILES string of the molecule is O=C1CSCC(C(=O)Nc2ccc(Br)cc2)N1. The first-order valence-electron chi connectivity index (χ1n) is 5.09. The topological polar surface area (TPSA) is 58.2 Å². The molecule has 1 heterocycles. The minimum Gasteiger partial charge on any atom is -0.343 e. The third-order valence-corrected chi connectivity index (χ3v) is 3.85. The molecule has 1 unspecified atom stereocenters. The van der Waals surface area contributed by atoms with Gasteiger partial charge in [-0.25, -0.2) is 0 Å². The Balaban J connectivity index is 1.96. The van der Waals surface area contributed by atoms with Crippen molar-refractivity contribution in [2.24, 2.45) is 0 Å². The highest BCUT2D eigenvalue weighted by Crippen LogP contribution is 2.15. The van der Waals surface area contributed by atoms with Crippen LogP contribution in [-0.2, 0) is 9.59 Å². The number of nitrogens with one attached hydrogen (secondary N) is 2. The first-order chi connectivity index (χ1) is 8.15. The Morgan fingerprint density at radius 2 is 2.12 bits per heavy atom. The number of carbonyl (C=O) groups excluding carboxylic acids is 2. The predicted molar refractivity (Wildman–Crippen MR) is 72.0 cm³/mol. The molecule has 1 saturated heterocycles. The smallest absolute Gasteiger partial charge is 0.247 e. The van der Waals surface area contributed by atoms with E-state index in [1.807, 2.05) is 12.1 Å². The number of amides is 2. The zero-order chi connectivity index (χ0) is 12.3. The zero-order valence-electron chi connectivity index (χ0n) is 8.90. The van der Waals surface area contributed by atoms with Crippen LogP contribution >= 0.6 is 27.7 Å². The third kappa shape index (κ3) is 3.47. The average Bonchev–Trinajstić information content (AvgIpc) is 2.32. The fourth-order valence-electron chi connectivity index (χ4n) is 1.45. The summed E-state index contributed by atoms with van der Waals surface area (Å²) in [5, 5.41) is 5.44. The van der Waals surface area contributed by atoms with Crippen LogP contribution in [0, 0.1) is 0 Å². The number of anilines is 1. The van der Waals surface area contributed by atoms with Crippen LogP contribution < -0.4 is 10.6 Å². The Kier molecular flexibility index (Phi) is 4.06. The lowest BCUT2D eigenvalue weighted by atomic mass is 10.2. The Labute approximate surface area is 112 Å². The summed E-state index contributed by atoms with van der Waals surface area (Å²) in [6.45, 7) is 0. The van der Waals surface area contributed by atoms with Gasteiger partial charge in [-0.05, 0) is 24.3 Å². The predicted octanol–water partition coefficient (Wildman–Crippen LogP) is 1.62. The number of rotatable bonds is 2. The van der Waals surface area contributed by atoms with Crippen LogP contribution in [0.25, 0.3) is 0 Å². The van der Waals surface area contributed by atoms with Crippen molar-refractivity contribution in [3.63, 3.8) is 0 Å². The molecule has 0 aromatic heterocycles. The summed E-state index contributed by atoms with van der Waals surface area (Å²) in [5.41, 5.74) is 0.725. The van der Waals surface area contributed by atoms with Gasteiger partial charge >= 0.3 is 0 Å². The quantitative estimate of drug-likeness (QED) is 0.872. The molecular formula is C11H11BrN2O2S. The number of thioether (sulfide) groups is 1. The van der Waals surface area contributed by atoms with E-state index in [1.54, 1.807) is 12.1 Å². The van der Waals surface area contributed by atoms with Gasteiger partial charge in [-0.15, -0.1) is 11.8 Å². The molecular weight excluding hydrogens is 304 g/mol. The molecule has 1 atom stereocenters. The summed E-state index contributed by atoms with van der Waals surface area (Å²) in [6, 6.07) is 6.87. The molecule has 0 bridgehead atoms.